The third-order valence-electron chi connectivity index (χ3n) is 6.02. The Hall–Kier alpha value is -3.14. The Labute approximate surface area is 235 Å². The van der Waals surface area contributed by atoms with Crippen molar-refractivity contribution in [2.75, 3.05) is 23.1 Å². The van der Waals surface area contributed by atoms with Gasteiger partial charge in [-0.15, -0.1) is 0 Å². The van der Waals surface area contributed by atoms with Crippen molar-refractivity contribution in [2.24, 2.45) is 13.0 Å². The number of benzene rings is 2. The molecule has 1 fully saturated rings. The predicted molar refractivity (Wildman–Crippen MR) is 143 cm³/mol. The summed E-state index contributed by atoms with van der Waals surface area (Å²) in [5.41, 5.74) is 0.0950. The zero-order valence-electron chi connectivity index (χ0n) is 20.9. The molecule has 1 atom stereocenters. The highest BCUT2D eigenvalue weighted by Crippen LogP contribution is 2.38. The number of aliphatic carboxylic acids is 1. The van der Waals surface area contributed by atoms with Gasteiger partial charge in [0.1, 0.15) is 5.82 Å². The van der Waals surface area contributed by atoms with E-state index in [9.17, 15) is 30.8 Å². The molecule has 1 unspecified atom stereocenters. The van der Waals surface area contributed by atoms with Crippen LogP contribution < -0.4 is 15.6 Å². The summed E-state index contributed by atoms with van der Waals surface area (Å²) in [6.45, 7) is 2.85. The van der Waals surface area contributed by atoms with E-state index in [0.717, 1.165) is 18.9 Å². The van der Waals surface area contributed by atoms with Gasteiger partial charge >= 0.3 is 22.4 Å². The largest absolute Gasteiger partial charge is 0.490 e. The maximum absolute atomic E-state index is 14.7. The number of hydrogen-bond donors (Lipinski definition) is 3. The number of carbonyl (C=O) groups is 1. The summed E-state index contributed by atoms with van der Waals surface area (Å²) in [7, 11) is -2.32. The second-order valence-corrected chi connectivity index (χ2v) is 11.1. The van der Waals surface area contributed by atoms with Crippen LogP contribution in [0.25, 0.3) is 10.9 Å². The van der Waals surface area contributed by atoms with E-state index >= 15 is 0 Å². The lowest BCUT2D eigenvalue weighted by Crippen LogP contribution is -2.34. The van der Waals surface area contributed by atoms with Gasteiger partial charge in [-0.3, -0.25) is 9.52 Å². The molecule has 2 aromatic carbocycles. The number of carboxylic acids is 1. The normalized spacial score (nSPS) is 15.9. The first-order chi connectivity index (χ1) is 18.6. The molecule has 0 bridgehead atoms. The number of alkyl halides is 3. The number of nitrogens with one attached hydrogen (secondary N) is 2. The van der Waals surface area contributed by atoms with E-state index in [2.05, 4.69) is 15.0 Å². The number of aromatic nitrogens is 2. The Morgan fingerprint density at radius 1 is 1.18 bits per heavy atom. The third-order valence-corrected chi connectivity index (χ3v) is 8.30. The van der Waals surface area contributed by atoms with Gasteiger partial charge in [0.2, 0.25) is 0 Å². The summed E-state index contributed by atoms with van der Waals surface area (Å²) in [5, 5.41) is 9.97. The van der Waals surface area contributed by atoms with Crippen molar-refractivity contribution in [2.45, 2.75) is 25.9 Å². The van der Waals surface area contributed by atoms with Gasteiger partial charge in [0, 0.05) is 20.1 Å². The number of aryl methyl sites for hydroxylation is 1. The minimum absolute atomic E-state index is 0.0232. The summed E-state index contributed by atoms with van der Waals surface area (Å²) < 4.78 is 77.1. The molecule has 40 heavy (non-hydrogen) atoms. The van der Waals surface area contributed by atoms with E-state index in [0.29, 0.717) is 24.5 Å². The van der Waals surface area contributed by atoms with E-state index in [1.807, 2.05) is 6.92 Å². The zero-order valence-corrected chi connectivity index (χ0v) is 23.2. The molecular weight excluding hydrogens is 605 g/mol. The monoisotopic (exact) mass is 627 g/mol. The molecule has 0 spiro atoms. The summed E-state index contributed by atoms with van der Waals surface area (Å²) in [6, 6.07) is 5.47. The maximum atomic E-state index is 14.7. The minimum Gasteiger partial charge on any atom is -0.475 e. The number of anilines is 3. The number of carboxylic acid groups (broad SMARTS) is 1. The third kappa shape index (κ3) is 6.95. The van der Waals surface area contributed by atoms with Crippen molar-refractivity contribution < 1.29 is 35.9 Å². The van der Waals surface area contributed by atoms with Crippen LogP contribution in [0.1, 0.15) is 19.8 Å². The molecule has 3 N–H and O–H groups in total. The molecule has 1 aromatic heterocycles. The van der Waals surface area contributed by atoms with Crippen LogP contribution in [0.15, 0.2) is 35.4 Å². The topological polar surface area (TPSA) is 134 Å². The summed E-state index contributed by atoms with van der Waals surface area (Å²) in [5.74, 6) is -3.17. The number of nitrogens with zero attached hydrogens (tertiary/aromatic N) is 3. The number of halogens is 6. The molecule has 0 saturated carbocycles. The average molecular weight is 628 g/mol. The van der Waals surface area contributed by atoms with E-state index in [-0.39, 0.29) is 38.1 Å². The van der Waals surface area contributed by atoms with Crippen LogP contribution in [0.5, 0.6) is 0 Å². The molecule has 3 aromatic rings. The fourth-order valence-corrected chi connectivity index (χ4v) is 5.71. The molecule has 0 amide bonds. The highest BCUT2D eigenvalue weighted by molar-refractivity contribution is 7.90. The lowest BCUT2D eigenvalue weighted by atomic mass is 10.1. The Morgan fingerprint density at radius 3 is 2.38 bits per heavy atom. The second kappa shape index (κ2) is 12.2. The summed E-state index contributed by atoms with van der Waals surface area (Å²) in [4.78, 5) is 25.6. The molecule has 1 aliphatic heterocycles. The first kappa shape index (κ1) is 31.4. The maximum Gasteiger partial charge on any atom is 0.490 e. The smallest absolute Gasteiger partial charge is 0.475 e. The van der Waals surface area contributed by atoms with Crippen LogP contribution >= 0.6 is 23.2 Å². The molecule has 1 aliphatic rings. The van der Waals surface area contributed by atoms with Crippen molar-refractivity contribution in [3.63, 3.8) is 0 Å². The van der Waals surface area contributed by atoms with Gasteiger partial charge in [-0.2, -0.15) is 25.9 Å². The number of hydrogen-bond acceptors (Lipinski definition) is 6. The predicted octanol–water partition coefficient (Wildman–Crippen LogP) is 5.14. The van der Waals surface area contributed by atoms with Crippen LogP contribution in [0.2, 0.25) is 10.0 Å². The number of fused-ring (bicyclic) bond motifs is 1. The van der Waals surface area contributed by atoms with Gasteiger partial charge in [-0.25, -0.2) is 14.2 Å². The SMILES string of the molecule is CCC1CCN(S(=O)(=O)Nc2ccc(F)c(Nc3ccc4ncn(C)c(=O)c4c3Cl)c2Cl)C1.O=C(O)C(F)(F)F. The van der Waals surface area contributed by atoms with Crippen molar-refractivity contribution in [3.8, 4) is 0 Å². The molecular formula is C23H23Cl2F4N5O5S. The van der Waals surface area contributed by atoms with Crippen molar-refractivity contribution in [1.82, 2.24) is 13.9 Å². The van der Waals surface area contributed by atoms with Gasteiger partial charge < -0.3 is 15.0 Å². The fraction of sp³-hybridized carbons (Fsp3) is 0.348. The first-order valence-corrected chi connectivity index (χ1v) is 13.7. The molecule has 0 radical (unpaired) electrons. The first-order valence-electron chi connectivity index (χ1n) is 11.5. The molecule has 17 heteroatoms. The lowest BCUT2D eigenvalue weighted by molar-refractivity contribution is -0.192. The standard InChI is InChI=1S/C21H22Cl2FN5O3S.C2HF3O2/c1-3-12-8-9-29(10-12)33(31,32)27-16-5-4-13(24)20(19(16)23)26-15-7-6-14-17(18(15)22)21(30)28(2)11-25-14;3-2(4,5)1(6)7/h4-7,11-12,26-27H,3,8-10H2,1-2H3;(H,6,7). The van der Waals surface area contributed by atoms with E-state index in [1.165, 1.54) is 21.3 Å². The Morgan fingerprint density at radius 2 is 1.80 bits per heavy atom. The second-order valence-electron chi connectivity index (χ2n) is 8.72. The van der Waals surface area contributed by atoms with Crippen LogP contribution in [-0.4, -0.2) is 52.6 Å². The fourth-order valence-electron chi connectivity index (χ4n) is 3.78. The van der Waals surface area contributed by atoms with Crippen LogP contribution in [0.3, 0.4) is 0 Å². The lowest BCUT2D eigenvalue weighted by Gasteiger charge is -2.20. The summed E-state index contributed by atoms with van der Waals surface area (Å²) >= 11 is 12.8. The molecule has 4 rings (SSSR count). The van der Waals surface area contributed by atoms with Crippen LogP contribution in [0.4, 0.5) is 34.6 Å². The zero-order chi connectivity index (χ0) is 30.0. The highest BCUT2D eigenvalue weighted by atomic mass is 35.5. The van der Waals surface area contributed by atoms with Gasteiger partial charge in [-0.1, -0.05) is 36.5 Å². The molecule has 2 heterocycles. The molecule has 0 aliphatic carbocycles. The van der Waals surface area contributed by atoms with Crippen molar-refractivity contribution in [3.05, 3.63) is 56.8 Å². The molecule has 10 nitrogen and oxygen atoms in total. The van der Waals surface area contributed by atoms with E-state index < -0.39 is 28.2 Å². The van der Waals surface area contributed by atoms with Crippen molar-refractivity contribution in [1.29, 1.82) is 0 Å². The Kier molecular flexibility index (Phi) is 9.54. The average Bonchev–Trinajstić information content (AvgIpc) is 3.37. The van der Waals surface area contributed by atoms with Crippen LogP contribution in [0, 0.1) is 11.7 Å². The molecule has 1 saturated heterocycles. The number of rotatable bonds is 6. The molecule has 218 valence electrons. The van der Waals surface area contributed by atoms with Gasteiger partial charge in [0.25, 0.3) is 5.56 Å². The van der Waals surface area contributed by atoms with Gasteiger partial charge in [0.15, 0.2) is 0 Å². The Balaban J connectivity index is 0.000000559. The van der Waals surface area contributed by atoms with E-state index in [4.69, 9.17) is 33.1 Å². The minimum atomic E-state index is -5.08. The van der Waals surface area contributed by atoms with Gasteiger partial charge in [-0.05, 0) is 36.6 Å². The van der Waals surface area contributed by atoms with Crippen molar-refractivity contribution >= 4 is 67.3 Å². The highest BCUT2D eigenvalue weighted by Gasteiger charge is 2.38. The quantitative estimate of drug-likeness (QED) is 0.322. The van der Waals surface area contributed by atoms with E-state index in [1.54, 1.807) is 19.2 Å². The summed E-state index contributed by atoms with van der Waals surface area (Å²) in [6.07, 6.45) is -2.03. The Bertz CT molecular complexity index is 1600. The van der Waals surface area contributed by atoms with Gasteiger partial charge in [0.05, 0.1) is 44.3 Å². The van der Waals surface area contributed by atoms with Crippen LogP contribution in [-0.2, 0) is 22.1 Å².